The lowest BCUT2D eigenvalue weighted by molar-refractivity contribution is 0.0697. The van der Waals surface area contributed by atoms with Gasteiger partial charge in [-0.15, -0.1) is 23.7 Å². The predicted molar refractivity (Wildman–Crippen MR) is 107 cm³/mol. The van der Waals surface area contributed by atoms with Crippen LogP contribution in [0.1, 0.15) is 10.4 Å². The van der Waals surface area contributed by atoms with E-state index in [4.69, 9.17) is 5.11 Å². The zero-order valence-electron chi connectivity index (χ0n) is 14.3. The normalized spacial score (nSPS) is 15.0. The summed E-state index contributed by atoms with van der Waals surface area (Å²) in [6.45, 7) is 4.07. The average molecular weight is 391 g/mol. The number of halogens is 1. The maximum absolute atomic E-state index is 11.1. The topological polar surface area (TPSA) is 69.6 Å². The van der Waals surface area contributed by atoms with Crippen molar-refractivity contribution in [1.82, 2.24) is 14.9 Å². The molecule has 0 atom stereocenters. The molecular weight excluding hydrogens is 372 g/mol. The van der Waals surface area contributed by atoms with E-state index in [9.17, 15) is 4.79 Å². The number of hydrogen-bond donors (Lipinski definition) is 1. The van der Waals surface area contributed by atoms with Crippen molar-refractivity contribution in [3.8, 4) is 10.6 Å². The van der Waals surface area contributed by atoms with Crippen LogP contribution < -0.4 is 4.90 Å². The third kappa shape index (κ3) is 3.65. The Morgan fingerprint density at radius 1 is 1.15 bits per heavy atom. The quantitative estimate of drug-likeness (QED) is 0.740. The molecule has 1 N–H and O–H groups in total. The molecule has 4 rings (SSSR count). The number of anilines is 1. The highest BCUT2D eigenvalue weighted by Gasteiger charge is 2.16. The number of rotatable bonds is 3. The van der Waals surface area contributed by atoms with Crippen LogP contribution in [-0.4, -0.2) is 59.2 Å². The van der Waals surface area contributed by atoms with Crippen molar-refractivity contribution >= 4 is 45.7 Å². The van der Waals surface area contributed by atoms with Crippen molar-refractivity contribution in [2.75, 3.05) is 38.1 Å². The smallest absolute Gasteiger partial charge is 0.335 e. The third-order valence-electron chi connectivity index (χ3n) is 4.46. The number of hydrogen-bond acceptors (Lipinski definition) is 6. The van der Waals surface area contributed by atoms with Crippen molar-refractivity contribution in [1.29, 1.82) is 0 Å². The third-order valence-corrected chi connectivity index (χ3v) is 5.52. The molecule has 1 aliphatic rings. The van der Waals surface area contributed by atoms with E-state index in [-0.39, 0.29) is 18.0 Å². The van der Waals surface area contributed by atoms with Crippen LogP contribution in [0, 0.1) is 0 Å². The molecule has 0 radical (unpaired) electrons. The molecule has 0 bridgehead atoms. The highest BCUT2D eigenvalue weighted by atomic mass is 35.5. The van der Waals surface area contributed by atoms with E-state index in [0.29, 0.717) is 0 Å². The minimum Gasteiger partial charge on any atom is -0.478 e. The summed E-state index contributed by atoms with van der Waals surface area (Å²) < 4.78 is 0.873. The van der Waals surface area contributed by atoms with Crippen molar-refractivity contribution in [2.24, 2.45) is 0 Å². The van der Waals surface area contributed by atoms with E-state index in [1.54, 1.807) is 18.2 Å². The van der Waals surface area contributed by atoms with Gasteiger partial charge in [-0.05, 0) is 37.4 Å². The minimum absolute atomic E-state index is 0. The van der Waals surface area contributed by atoms with Crippen LogP contribution in [-0.2, 0) is 0 Å². The van der Waals surface area contributed by atoms with Crippen LogP contribution in [0.5, 0.6) is 0 Å². The van der Waals surface area contributed by atoms with Crippen LogP contribution in [0.15, 0.2) is 36.5 Å². The van der Waals surface area contributed by atoms with Gasteiger partial charge >= 0.3 is 5.97 Å². The first-order valence-corrected chi connectivity index (χ1v) is 8.95. The van der Waals surface area contributed by atoms with Gasteiger partial charge in [0.1, 0.15) is 10.8 Å². The molecule has 3 heterocycles. The van der Waals surface area contributed by atoms with Gasteiger partial charge in [0, 0.05) is 37.9 Å². The number of nitrogens with zero attached hydrogens (tertiary/aromatic N) is 4. The fraction of sp³-hybridized carbons (Fsp3) is 0.278. The van der Waals surface area contributed by atoms with Gasteiger partial charge in [0.05, 0.1) is 15.8 Å². The molecule has 0 aliphatic carbocycles. The SMILES string of the molecule is CN1CCN(c2ccc(-c3nc4ccc(C(=O)O)cc4s3)cn2)CC1.Cl. The molecule has 0 spiro atoms. The molecule has 1 aliphatic heterocycles. The van der Waals surface area contributed by atoms with E-state index in [0.717, 1.165) is 52.8 Å². The number of thiazole rings is 1. The van der Waals surface area contributed by atoms with Crippen LogP contribution in [0.3, 0.4) is 0 Å². The Morgan fingerprint density at radius 2 is 1.92 bits per heavy atom. The fourth-order valence-electron chi connectivity index (χ4n) is 2.92. The summed E-state index contributed by atoms with van der Waals surface area (Å²) in [6.07, 6.45) is 1.85. The maximum Gasteiger partial charge on any atom is 0.335 e. The van der Waals surface area contributed by atoms with Gasteiger partial charge in [0.2, 0.25) is 0 Å². The monoisotopic (exact) mass is 390 g/mol. The van der Waals surface area contributed by atoms with Gasteiger partial charge < -0.3 is 14.9 Å². The highest BCUT2D eigenvalue weighted by molar-refractivity contribution is 7.21. The summed E-state index contributed by atoms with van der Waals surface area (Å²) in [4.78, 5) is 24.9. The van der Waals surface area contributed by atoms with Gasteiger partial charge in [-0.25, -0.2) is 14.8 Å². The number of carboxylic acid groups (broad SMARTS) is 1. The molecule has 1 saturated heterocycles. The first kappa shape index (κ1) is 18.6. The molecule has 136 valence electrons. The zero-order valence-corrected chi connectivity index (χ0v) is 15.9. The van der Waals surface area contributed by atoms with Gasteiger partial charge in [0.25, 0.3) is 0 Å². The number of piperazine rings is 1. The Kier molecular flexibility index (Phi) is 5.41. The van der Waals surface area contributed by atoms with Crippen LogP contribution in [0.4, 0.5) is 5.82 Å². The average Bonchev–Trinajstić information content (AvgIpc) is 3.05. The number of carbonyl (C=O) groups is 1. The molecule has 26 heavy (non-hydrogen) atoms. The van der Waals surface area contributed by atoms with E-state index < -0.39 is 5.97 Å². The molecule has 8 heteroatoms. The lowest BCUT2D eigenvalue weighted by Crippen LogP contribution is -2.44. The zero-order chi connectivity index (χ0) is 17.4. The number of aromatic carboxylic acids is 1. The number of aromatic nitrogens is 2. The molecule has 0 saturated carbocycles. The summed E-state index contributed by atoms with van der Waals surface area (Å²) in [5.74, 6) is 0.0705. The first-order valence-electron chi connectivity index (χ1n) is 8.14. The standard InChI is InChI=1S/C18H18N4O2S.ClH/c1-21-6-8-22(9-7-21)16-5-3-13(11-19-16)17-20-14-4-2-12(18(23)24)10-15(14)25-17;/h2-5,10-11H,6-9H2,1H3,(H,23,24);1H. The highest BCUT2D eigenvalue weighted by Crippen LogP contribution is 2.31. The van der Waals surface area contributed by atoms with Gasteiger partial charge in [-0.2, -0.15) is 0 Å². The number of carboxylic acids is 1. The van der Waals surface area contributed by atoms with E-state index in [2.05, 4.69) is 26.8 Å². The Bertz CT molecular complexity index is 921. The van der Waals surface area contributed by atoms with E-state index >= 15 is 0 Å². The summed E-state index contributed by atoms with van der Waals surface area (Å²) >= 11 is 1.49. The largest absolute Gasteiger partial charge is 0.478 e. The Morgan fingerprint density at radius 3 is 2.58 bits per heavy atom. The Labute approximate surface area is 161 Å². The molecule has 0 unspecified atom stereocenters. The summed E-state index contributed by atoms with van der Waals surface area (Å²) in [5, 5.41) is 9.96. The molecule has 3 aromatic rings. The van der Waals surface area contributed by atoms with Crippen molar-refractivity contribution in [3.05, 3.63) is 42.1 Å². The number of benzene rings is 1. The second-order valence-corrected chi connectivity index (χ2v) is 7.23. The molecular formula is C18H19ClN4O2S. The molecule has 6 nitrogen and oxygen atoms in total. The maximum atomic E-state index is 11.1. The van der Waals surface area contributed by atoms with Gasteiger partial charge in [0.15, 0.2) is 0 Å². The van der Waals surface area contributed by atoms with Crippen LogP contribution >= 0.6 is 23.7 Å². The van der Waals surface area contributed by atoms with Gasteiger partial charge in [-0.3, -0.25) is 0 Å². The number of likely N-dealkylation sites (N-methyl/N-ethyl adjacent to an activating group) is 1. The van der Waals surface area contributed by atoms with Gasteiger partial charge in [-0.1, -0.05) is 0 Å². The second-order valence-electron chi connectivity index (χ2n) is 6.20. The van der Waals surface area contributed by atoms with E-state index in [1.807, 2.05) is 18.3 Å². The van der Waals surface area contributed by atoms with Crippen LogP contribution in [0.2, 0.25) is 0 Å². The molecule has 0 amide bonds. The molecule has 2 aromatic heterocycles. The fourth-order valence-corrected chi connectivity index (χ4v) is 3.91. The van der Waals surface area contributed by atoms with Crippen molar-refractivity contribution in [2.45, 2.75) is 0 Å². The summed E-state index contributed by atoms with van der Waals surface area (Å²) in [5.41, 5.74) is 2.05. The van der Waals surface area contributed by atoms with Crippen molar-refractivity contribution in [3.63, 3.8) is 0 Å². The minimum atomic E-state index is -0.921. The van der Waals surface area contributed by atoms with Crippen molar-refractivity contribution < 1.29 is 9.90 Å². The molecule has 1 fully saturated rings. The summed E-state index contributed by atoms with van der Waals surface area (Å²) in [7, 11) is 2.14. The Balaban J connectivity index is 0.00000196. The summed E-state index contributed by atoms with van der Waals surface area (Å²) in [6, 6.07) is 9.09. The van der Waals surface area contributed by atoms with Crippen LogP contribution in [0.25, 0.3) is 20.8 Å². The number of pyridine rings is 1. The molecule has 1 aromatic carbocycles. The predicted octanol–water partition coefficient (Wildman–Crippen LogP) is 3.23. The van der Waals surface area contributed by atoms with E-state index in [1.165, 1.54) is 11.3 Å². The lowest BCUT2D eigenvalue weighted by Gasteiger charge is -2.33. The second kappa shape index (κ2) is 7.57. The Hall–Kier alpha value is -2.22. The first-order chi connectivity index (χ1) is 12.1. The lowest BCUT2D eigenvalue weighted by atomic mass is 10.2. The number of fused-ring (bicyclic) bond motifs is 1.